The first-order valence-corrected chi connectivity index (χ1v) is 6.87. The van der Waals surface area contributed by atoms with E-state index >= 15 is 0 Å². The van der Waals surface area contributed by atoms with Gasteiger partial charge in [0, 0.05) is 10.9 Å². The molecular weight excluding hydrogens is 234 g/mol. The minimum absolute atomic E-state index is 0.145. The first-order chi connectivity index (χ1) is 8.90. The predicted octanol–water partition coefficient (Wildman–Crippen LogP) is 5.12. The average Bonchev–Trinajstić information content (AvgIpc) is 2.76. The zero-order valence-corrected chi connectivity index (χ0v) is 12.4. The second-order valence-electron chi connectivity index (χ2n) is 6.06. The maximum absolute atomic E-state index is 9.20. The second kappa shape index (κ2) is 4.74. The third-order valence-electron chi connectivity index (χ3n) is 4.07. The molecule has 0 radical (unpaired) electrons. The lowest BCUT2D eigenvalue weighted by molar-refractivity contribution is 0.506. The van der Waals surface area contributed by atoms with Crippen LogP contribution in [0.15, 0.2) is 22.6 Å². The molecule has 19 heavy (non-hydrogen) atoms. The highest BCUT2D eigenvalue weighted by Gasteiger charge is 2.22. The van der Waals surface area contributed by atoms with E-state index in [-0.39, 0.29) is 11.3 Å². The van der Waals surface area contributed by atoms with E-state index in [4.69, 9.17) is 4.42 Å². The topological polar surface area (TPSA) is 36.9 Å². The minimum atomic E-state index is 0.145. The van der Waals surface area contributed by atoms with Crippen LogP contribution >= 0.6 is 0 Å². The summed E-state index contributed by atoms with van der Waals surface area (Å²) in [6.45, 7) is 10.9. The van der Waals surface area contributed by atoms with Gasteiger partial charge in [0.15, 0.2) is 0 Å². The summed E-state index contributed by atoms with van der Waals surface area (Å²) in [6.07, 6.45) is 1.08. The van der Waals surface area contributed by atoms with Crippen molar-refractivity contribution in [3.05, 3.63) is 35.1 Å². The molecule has 0 amide bonds. The van der Waals surface area contributed by atoms with Gasteiger partial charge >= 0.3 is 0 Å². The van der Waals surface area contributed by atoms with E-state index in [1.807, 2.05) is 6.07 Å². The standard InChI is InChI=1S/C17H21NO/c1-6-17(4,5)12-7-8-14-13(9-12)16(11(2)3)15(10-18)19-14/h7-9,11H,6H2,1-5H3. The zero-order valence-electron chi connectivity index (χ0n) is 12.4. The van der Waals surface area contributed by atoms with Gasteiger partial charge in [0.25, 0.3) is 0 Å². The Morgan fingerprint density at radius 2 is 2.00 bits per heavy atom. The molecule has 0 atom stereocenters. The van der Waals surface area contributed by atoms with Crippen molar-refractivity contribution in [2.24, 2.45) is 0 Å². The van der Waals surface area contributed by atoms with Gasteiger partial charge in [-0.05, 0) is 35.4 Å². The SMILES string of the molecule is CCC(C)(C)c1ccc2oc(C#N)c(C(C)C)c2c1. The summed E-state index contributed by atoms with van der Waals surface area (Å²) in [6, 6.07) is 8.47. The van der Waals surface area contributed by atoms with E-state index in [2.05, 4.69) is 52.8 Å². The summed E-state index contributed by atoms with van der Waals surface area (Å²) >= 11 is 0. The number of hydrogen-bond acceptors (Lipinski definition) is 2. The predicted molar refractivity (Wildman–Crippen MR) is 78.3 cm³/mol. The fourth-order valence-electron chi connectivity index (χ4n) is 2.40. The highest BCUT2D eigenvalue weighted by Crippen LogP contribution is 2.35. The molecule has 2 aromatic rings. The number of nitrogens with zero attached hydrogens (tertiary/aromatic N) is 1. The molecular formula is C17H21NO. The summed E-state index contributed by atoms with van der Waals surface area (Å²) in [4.78, 5) is 0. The quantitative estimate of drug-likeness (QED) is 0.763. The number of rotatable bonds is 3. The molecule has 0 fully saturated rings. The van der Waals surface area contributed by atoms with Crippen molar-refractivity contribution < 1.29 is 4.42 Å². The smallest absolute Gasteiger partial charge is 0.208 e. The molecule has 0 aliphatic rings. The molecule has 2 nitrogen and oxygen atoms in total. The van der Waals surface area contributed by atoms with Crippen molar-refractivity contribution in [2.75, 3.05) is 0 Å². The van der Waals surface area contributed by atoms with E-state index < -0.39 is 0 Å². The number of benzene rings is 1. The monoisotopic (exact) mass is 255 g/mol. The van der Waals surface area contributed by atoms with Crippen LogP contribution in [0.1, 0.15) is 63.8 Å². The van der Waals surface area contributed by atoms with Crippen molar-refractivity contribution in [3.63, 3.8) is 0 Å². The first-order valence-electron chi connectivity index (χ1n) is 6.87. The van der Waals surface area contributed by atoms with Crippen LogP contribution in [0.5, 0.6) is 0 Å². The normalized spacial score (nSPS) is 12.1. The highest BCUT2D eigenvalue weighted by molar-refractivity contribution is 5.84. The Labute approximate surface area is 115 Å². The molecule has 0 unspecified atom stereocenters. The maximum atomic E-state index is 9.20. The van der Waals surface area contributed by atoms with Gasteiger partial charge in [0.2, 0.25) is 5.76 Å². The van der Waals surface area contributed by atoms with Crippen LogP contribution < -0.4 is 0 Å². The summed E-state index contributed by atoms with van der Waals surface area (Å²) in [7, 11) is 0. The second-order valence-corrected chi connectivity index (χ2v) is 6.06. The summed E-state index contributed by atoms with van der Waals surface area (Å²) in [5, 5.41) is 10.3. The van der Waals surface area contributed by atoms with Crippen molar-refractivity contribution in [2.45, 2.75) is 52.4 Å². The molecule has 1 heterocycles. The van der Waals surface area contributed by atoms with Crippen LogP contribution in [0.4, 0.5) is 0 Å². The van der Waals surface area contributed by atoms with E-state index in [0.717, 1.165) is 23.0 Å². The Kier molecular flexibility index (Phi) is 3.41. The number of nitriles is 1. The lowest BCUT2D eigenvalue weighted by Crippen LogP contribution is -2.15. The molecule has 1 aromatic carbocycles. The van der Waals surface area contributed by atoms with Gasteiger partial charge < -0.3 is 4.42 Å². The van der Waals surface area contributed by atoms with Crippen molar-refractivity contribution in [1.29, 1.82) is 5.26 Å². The van der Waals surface area contributed by atoms with E-state index in [1.54, 1.807) is 0 Å². The van der Waals surface area contributed by atoms with Gasteiger partial charge in [0.05, 0.1) is 0 Å². The zero-order chi connectivity index (χ0) is 14.2. The molecule has 0 aliphatic carbocycles. The molecule has 2 heteroatoms. The van der Waals surface area contributed by atoms with Gasteiger partial charge in [-0.1, -0.05) is 40.7 Å². The average molecular weight is 255 g/mol. The first kappa shape index (κ1) is 13.7. The lowest BCUT2D eigenvalue weighted by atomic mass is 9.81. The Bertz CT molecular complexity index is 641. The molecule has 0 bridgehead atoms. The summed E-state index contributed by atoms with van der Waals surface area (Å²) in [5.41, 5.74) is 3.30. The Hall–Kier alpha value is -1.75. The van der Waals surface area contributed by atoms with Crippen molar-refractivity contribution in [3.8, 4) is 6.07 Å². The number of furan rings is 1. The number of hydrogen-bond donors (Lipinski definition) is 0. The van der Waals surface area contributed by atoms with E-state index in [9.17, 15) is 5.26 Å². The Morgan fingerprint density at radius 3 is 2.53 bits per heavy atom. The Morgan fingerprint density at radius 1 is 1.32 bits per heavy atom. The van der Waals surface area contributed by atoms with Crippen molar-refractivity contribution in [1.82, 2.24) is 0 Å². The number of fused-ring (bicyclic) bond motifs is 1. The van der Waals surface area contributed by atoms with Gasteiger partial charge in [-0.15, -0.1) is 0 Å². The largest absolute Gasteiger partial charge is 0.445 e. The molecule has 0 spiro atoms. The molecule has 0 aliphatic heterocycles. The molecule has 0 saturated carbocycles. The lowest BCUT2D eigenvalue weighted by Gasteiger charge is -2.23. The van der Waals surface area contributed by atoms with Gasteiger partial charge in [-0.3, -0.25) is 0 Å². The van der Waals surface area contributed by atoms with Crippen LogP contribution in [0.25, 0.3) is 11.0 Å². The molecule has 0 saturated heterocycles. The molecule has 0 N–H and O–H groups in total. The van der Waals surface area contributed by atoms with Crippen LogP contribution in [0.2, 0.25) is 0 Å². The minimum Gasteiger partial charge on any atom is -0.445 e. The van der Waals surface area contributed by atoms with Crippen LogP contribution in [-0.4, -0.2) is 0 Å². The van der Waals surface area contributed by atoms with E-state index in [0.29, 0.717) is 5.76 Å². The molecule has 1 aromatic heterocycles. The van der Waals surface area contributed by atoms with Gasteiger partial charge in [-0.25, -0.2) is 0 Å². The fourth-order valence-corrected chi connectivity index (χ4v) is 2.40. The summed E-state index contributed by atoms with van der Waals surface area (Å²) in [5.74, 6) is 0.743. The third-order valence-corrected chi connectivity index (χ3v) is 4.07. The van der Waals surface area contributed by atoms with Gasteiger partial charge in [-0.2, -0.15) is 5.26 Å². The highest BCUT2D eigenvalue weighted by atomic mass is 16.3. The third kappa shape index (κ3) is 2.26. The maximum Gasteiger partial charge on any atom is 0.208 e. The van der Waals surface area contributed by atoms with Crippen LogP contribution in [-0.2, 0) is 5.41 Å². The Balaban J connectivity index is 2.72. The fraction of sp³-hybridized carbons (Fsp3) is 0.471. The summed E-state index contributed by atoms with van der Waals surface area (Å²) < 4.78 is 5.65. The van der Waals surface area contributed by atoms with E-state index in [1.165, 1.54) is 5.56 Å². The molecule has 100 valence electrons. The van der Waals surface area contributed by atoms with Crippen LogP contribution in [0.3, 0.4) is 0 Å². The molecule has 2 rings (SSSR count). The van der Waals surface area contributed by atoms with Crippen LogP contribution in [0, 0.1) is 11.3 Å². The van der Waals surface area contributed by atoms with Crippen molar-refractivity contribution >= 4 is 11.0 Å². The van der Waals surface area contributed by atoms with Gasteiger partial charge in [0.1, 0.15) is 11.7 Å².